The van der Waals surface area contributed by atoms with E-state index in [1.54, 1.807) is 19.2 Å². The Morgan fingerprint density at radius 1 is 1.33 bits per heavy atom. The van der Waals surface area contributed by atoms with E-state index >= 15 is 0 Å². The molecule has 0 saturated carbocycles. The van der Waals surface area contributed by atoms with Crippen LogP contribution in [0.25, 0.3) is 0 Å². The van der Waals surface area contributed by atoms with Gasteiger partial charge in [0.25, 0.3) is 5.91 Å². The summed E-state index contributed by atoms with van der Waals surface area (Å²) in [5.74, 6) is 0.241. The lowest BCUT2D eigenvalue weighted by Crippen LogP contribution is -2.24. The Kier molecular flexibility index (Phi) is 5.63. The van der Waals surface area contributed by atoms with E-state index in [4.69, 9.17) is 5.73 Å². The van der Waals surface area contributed by atoms with Crippen LogP contribution in [0.2, 0.25) is 0 Å². The fourth-order valence-electron chi connectivity index (χ4n) is 1.40. The Morgan fingerprint density at radius 3 is 2.67 bits per heavy atom. The molecule has 0 atom stereocenters. The van der Waals surface area contributed by atoms with Crippen LogP contribution in [0.1, 0.15) is 29.6 Å². The van der Waals surface area contributed by atoms with Gasteiger partial charge in [-0.25, -0.2) is 4.98 Å². The molecule has 0 unspecified atom stereocenters. The second-order valence-corrected chi connectivity index (χ2v) is 3.86. The van der Waals surface area contributed by atoms with Crippen LogP contribution in [-0.2, 0) is 4.79 Å². The Labute approximate surface area is 106 Å². The van der Waals surface area contributed by atoms with Crippen molar-refractivity contribution in [2.75, 3.05) is 18.9 Å². The smallest absolute Gasteiger partial charge is 0.252 e. The molecule has 1 rings (SSSR count). The van der Waals surface area contributed by atoms with Gasteiger partial charge in [-0.15, -0.1) is 0 Å². The molecular formula is C12H18N4O2. The van der Waals surface area contributed by atoms with Crippen LogP contribution in [-0.4, -0.2) is 30.4 Å². The SMILES string of the molecule is CNc1ccc(C(=O)NCCCCC(N)=O)cn1. The first-order valence-corrected chi connectivity index (χ1v) is 5.84. The molecular weight excluding hydrogens is 232 g/mol. The topological polar surface area (TPSA) is 97.1 Å². The number of nitrogens with one attached hydrogen (secondary N) is 2. The summed E-state index contributed by atoms with van der Waals surface area (Å²) in [5, 5.41) is 5.64. The fourth-order valence-corrected chi connectivity index (χ4v) is 1.40. The largest absolute Gasteiger partial charge is 0.373 e. The lowest BCUT2D eigenvalue weighted by atomic mass is 10.2. The molecule has 98 valence electrons. The number of rotatable bonds is 7. The number of pyridine rings is 1. The first-order chi connectivity index (χ1) is 8.63. The average Bonchev–Trinajstić information content (AvgIpc) is 2.38. The molecule has 0 spiro atoms. The Balaban J connectivity index is 2.29. The number of aromatic nitrogens is 1. The second kappa shape index (κ2) is 7.26. The molecule has 4 N–H and O–H groups in total. The van der Waals surface area contributed by atoms with E-state index in [-0.39, 0.29) is 11.8 Å². The van der Waals surface area contributed by atoms with Gasteiger partial charge >= 0.3 is 0 Å². The van der Waals surface area contributed by atoms with Gasteiger partial charge in [0, 0.05) is 26.2 Å². The Bertz CT molecular complexity index is 403. The summed E-state index contributed by atoms with van der Waals surface area (Å²) in [6.07, 6.45) is 3.29. The molecule has 0 bridgehead atoms. The maximum atomic E-state index is 11.7. The number of unbranched alkanes of at least 4 members (excludes halogenated alkanes) is 1. The summed E-state index contributed by atoms with van der Waals surface area (Å²) in [5.41, 5.74) is 5.53. The van der Waals surface area contributed by atoms with Crippen LogP contribution in [0.15, 0.2) is 18.3 Å². The third-order valence-electron chi connectivity index (χ3n) is 2.42. The molecule has 0 fully saturated rings. The number of nitrogens with zero attached hydrogens (tertiary/aromatic N) is 1. The van der Waals surface area contributed by atoms with Crippen molar-refractivity contribution in [1.29, 1.82) is 0 Å². The minimum Gasteiger partial charge on any atom is -0.373 e. The van der Waals surface area contributed by atoms with E-state index in [1.165, 1.54) is 6.20 Å². The van der Waals surface area contributed by atoms with Gasteiger partial charge in [-0.3, -0.25) is 9.59 Å². The number of nitrogens with two attached hydrogens (primary N) is 1. The number of primary amides is 1. The highest BCUT2D eigenvalue weighted by Gasteiger charge is 2.05. The van der Waals surface area contributed by atoms with E-state index in [9.17, 15) is 9.59 Å². The predicted octanol–water partition coefficient (Wildman–Crippen LogP) is 0.509. The maximum Gasteiger partial charge on any atom is 0.252 e. The van der Waals surface area contributed by atoms with Gasteiger partial charge in [0.05, 0.1) is 5.56 Å². The summed E-state index contributed by atoms with van der Waals surface area (Å²) in [4.78, 5) is 26.2. The van der Waals surface area contributed by atoms with Crippen molar-refractivity contribution in [3.63, 3.8) is 0 Å². The molecule has 0 radical (unpaired) electrons. The molecule has 0 aliphatic rings. The lowest BCUT2D eigenvalue weighted by Gasteiger charge is -2.05. The highest BCUT2D eigenvalue weighted by atomic mass is 16.2. The molecule has 1 heterocycles. The van der Waals surface area contributed by atoms with Crippen LogP contribution in [0.5, 0.6) is 0 Å². The van der Waals surface area contributed by atoms with E-state index < -0.39 is 0 Å². The molecule has 0 aromatic carbocycles. The lowest BCUT2D eigenvalue weighted by molar-refractivity contribution is -0.118. The van der Waals surface area contributed by atoms with E-state index in [0.29, 0.717) is 30.8 Å². The monoisotopic (exact) mass is 250 g/mol. The van der Waals surface area contributed by atoms with Crippen LogP contribution in [0, 0.1) is 0 Å². The van der Waals surface area contributed by atoms with Gasteiger partial charge in [-0.05, 0) is 25.0 Å². The minimum absolute atomic E-state index is 0.163. The summed E-state index contributed by atoms with van der Waals surface area (Å²) in [6, 6.07) is 3.44. The van der Waals surface area contributed by atoms with E-state index in [0.717, 1.165) is 6.42 Å². The molecule has 1 aromatic heterocycles. The Morgan fingerprint density at radius 2 is 2.11 bits per heavy atom. The third kappa shape index (κ3) is 4.82. The predicted molar refractivity (Wildman–Crippen MR) is 69.2 cm³/mol. The van der Waals surface area contributed by atoms with Gasteiger partial charge in [0.2, 0.25) is 5.91 Å². The Hall–Kier alpha value is -2.11. The van der Waals surface area contributed by atoms with E-state index in [2.05, 4.69) is 15.6 Å². The normalized spacial score (nSPS) is 9.83. The van der Waals surface area contributed by atoms with Gasteiger partial charge in [-0.2, -0.15) is 0 Å². The first kappa shape index (κ1) is 14.0. The maximum absolute atomic E-state index is 11.7. The molecule has 0 aliphatic carbocycles. The number of carbonyl (C=O) groups is 2. The van der Waals surface area contributed by atoms with Crippen LogP contribution >= 0.6 is 0 Å². The van der Waals surface area contributed by atoms with Crippen LogP contribution in [0.4, 0.5) is 5.82 Å². The number of hydrogen-bond donors (Lipinski definition) is 3. The van der Waals surface area contributed by atoms with E-state index in [1.807, 2.05) is 0 Å². The zero-order valence-corrected chi connectivity index (χ0v) is 10.4. The van der Waals surface area contributed by atoms with Crippen LogP contribution < -0.4 is 16.4 Å². The van der Waals surface area contributed by atoms with Crippen molar-refractivity contribution in [2.45, 2.75) is 19.3 Å². The van der Waals surface area contributed by atoms with Crippen molar-refractivity contribution in [3.05, 3.63) is 23.9 Å². The summed E-state index contributed by atoms with van der Waals surface area (Å²) in [6.45, 7) is 0.528. The highest BCUT2D eigenvalue weighted by Crippen LogP contribution is 2.04. The zero-order chi connectivity index (χ0) is 13.4. The summed E-state index contributed by atoms with van der Waals surface area (Å²) < 4.78 is 0. The quantitative estimate of drug-likeness (QED) is 0.614. The molecule has 18 heavy (non-hydrogen) atoms. The third-order valence-corrected chi connectivity index (χ3v) is 2.42. The fraction of sp³-hybridized carbons (Fsp3) is 0.417. The van der Waals surface area contributed by atoms with Gasteiger partial charge in [0.15, 0.2) is 0 Å². The zero-order valence-electron chi connectivity index (χ0n) is 10.4. The van der Waals surface area contributed by atoms with Crippen molar-refractivity contribution in [1.82, 2.24) is 10.3 Å². The summed E-state index contributed by atoms with van der Waals surface area (Å²) >= 11 is 0. The molecule has 2 amide bonds. The molecule has 1 aromatic rings. The second-order valence-electron chi connectivity index (χ2n) is 3.86. The molecule has 6 heteroatoms. The summed E-state index contributed by atoms with van der Waals surface area (Å²) in [7, 11) is 1.76. The van der Waals surface area contributed by atoms with Gasteiger partial charge in [-0.1, -0.05) is 0 Å². The molecule has 0 saturated heterocycles. The van der Waals surface area contributed by atoms with Gasteiger partial charge in [0.1, 0.15) is 5.82 Å². The highest BCUT2D eigenvalue weighted by molar-refractivity contribution is 5.94. The van der Waals surface area contributed by atoms with Crippen molar-refractivity contribution in [3.8, 4) is 0 Å². The molecule has 6 nitrogen and oxygen atoms in total. The standard InChI is InChI=1S/C12H18N4O2/c1-14-11-6-5-9(8-16-11)12(18)15-7-3-2-4-10(13)17/h5-6,8H,2-4,7H2,1H3,(H2,13,17)(H,14,16)(H,15,18). The minimum atomic E-state index is -0.312. The number of carbonyl (C=O) groups excluding carboxylic acids is 2. The first-order valence-electron chi connectivity index (χ1n) is 5.84. The average molecular weight is 250 g/mol. The van der Waals surface area contributed by atoms with Crippen molar-refractivity contribution >= 4 is 17.6 Å². The van der Waals surface area contributed by atoms with Crippen molar-refractivity contribution in [2.24, 2.45) is 5.73 Å². The van der Waals surface area contributed by atoms with Gasteiger partial charge < -0.3 is 16.4 Å². The van der Waals surface area contributed by atoms with Crippen molar-refractivity contribution < 1.29 is 9.59 Å². The number of amides is 2. The number of hydrogen-bond acceptors (Lipinski definition) is 4. The molecule has 0 aliphatic heterocycles. The van der Waals surface area contributed by atoms with Crippen LogP contribution in [0.3, 0.4) is 0 Å². The number of anilines is 1.